The molecule has 0 amide bonds. The van der Waals surface area contributed by atoms with Gasteiger partial charge in [-0.3, -0.25) is 9.59 Å². The van der Waals surface area contributed by atoms with E-state index >= 15 is 0 Å². The number of thiazole rings is 1. The van der Waals surface area contributed by atoms with E-state index in [9.17, 15) is 9.59 Å². The summed E-state index contributed by atoms with van der Waals surface area (Å²) in [5, 5.41) is 24.1. The molecule has 2 aliphatic rings. The number of Topliss-reactive ketones (excluding diaryl/α,β-unsaturated/α-hetero) is 1. The van der Waals surface area contributed by atoms with Gasteiger partial charge < -0.3 is 30.4 Å². The maximum Gasteiger partial charge on any atom is 0.307 e. The van der Waals surface area contributed by atoms with E-state index in [-0.39, 0.29) is 18.1 Å². The minimum atomic E-state index is -0.815. The van der Waals surface area contributed by atoms with Gasteiger partial charge in [-0.15, -0.1) is 56.9 Å². The second-order valence-electron chi connectivity index (χ2n) is 14.8. The molecule has 2 saturated heterocycles. The fourth-order valence-electron chi connectivity index (χ4n) is 6.74. The van der Waals surface area contributed by atoms with Crippen molar-refractivity contribution in [3.63, 3.8) is 0 Å². The number of ketones is 1. The third kappa shape index (κ3) is 13.7. The van der Waals surface area contributed by atoms with Crippen LogP contribution in [0.15, 0.2) is 76.1 Å². The number of piperazine rings is 2. The Labute approximate surface area is 403 Å². The molecule has 0 aliphatic carbocycles. The molecule has 9 nitrogen and oxygen atoms in total. The number of rotatable bonds is 8. The molecule has 4 aromatic heterocycles. The van der Waals surface area contributed by atoms with E-state index in [1.54, 1.807) is 45.3 Å². The van der Waals surface area contributed by atoms with Gasteiger partial charge in [-0.2, -0.15) is 0 Å². The molecule has 0 bridgehead atoms. The van der Waals surface area contributed by atoms with E-state index < -0.39 is 5.97 Å². The number of carbonyl (C=O) groups is 2. The topological polar surface area (TPSA) is 106 Å². The number of likely N-dealkylation sites (N-methyl/N-ethyl adjacent to an activating group) is 2. The Morgan fingerprint density at radius 2 is 1.13 bits per heavy atom. The first-order chi connectivity index (χ1) is 29.8. The molecule has 0 unspecified atom stereocenters. The largest absolute Gasteiger partial charge is 0.481 e. The molecular weight excluding hydrogens is 963 g/mol. The molecule has 2 fully saturated rings. The second kappa shape index (κ2) is 23.2. The molecule has 328 valence electrons. The molecule has 18 heteroatoms. The second-order valence-corrected chi connectivity index (χ2v) is 20.4. The van der Waals surface area contributed by atoms with Gasteiger partial charge in [0.25, 0.3) is 0 Å². The fraction of sp³-hybridized carbons (Fsp3) is 0.318. The molecular formula is C44H46Cl4N6O3S5. The van der Waals surface area contributed by atoms with E-state index in [4.69, 9.17) is 74.4 Å². The Bertz CT molecular complexity index is 2610. The predicted octanol–water partition coefficient (Wildman–Crippen LogP) is 10.9. The zero-order valence-corrected chi connectivity index (χ0v) is 41.2. The van der Waals surface area contributed by atoms with Gasteiger partial charge in [0.1, 0.15) is 0 Å². The summed E-state index contributed by atoms with van der Waals surface area (Å²) in [6.45, 7) is 8.46. The molecule has 62 heavy (non-hydrogen) atoms. The van der Waals surface area contributed by atoms with Crippen LogP contribution in [0, 0.1) is 0 Å². The number of thiophene rings is 3. The number of thiocarbonyl (C=S) groups is 1. The molecule has 9 rings (SSSR count). The smallest absolute Gasteiger partial charge is 0.307 e. The lowest BCUT2D eigenvalue weighted by Crippen LogP contribution is -2.48. The van der Waals surface area contributed by atoms with Crippen molar-refractivity contribution in [1.82, 2.24) is 19.7 Å². The number of fused-ring (bicyclic) bond motifs is 3. The summed E-state index contributed by atoms with van der Waals surface area (Å²) in [6, 6.07) is 17.4. The highest BCUT2D eigenvalue weighted by Crippen LogP contribution is 2.33. The van der Waals surface area contributed by atoms with Crippen molar-refractivity contribution in [2.45, 2.75) is 19.3 Å². The zero-order valence-electron chi connectivity index (χ0n) is 34.1. The summed E-state index contributed by atoms with van der Waals surface area (Å²) >= 11 is 34.9. The van der Waals surface area contributed by atoms with Crippen molar-refractivity contribution in [3.05, 3.63) is 114 Å². The van der Waals surface area contributed by atoms with Crippen LogP contribution in [0.25, 0.3) is 30.3 Å². The molecule has 7 aromatic rings. The van der Waals surface area contributed by atoms with E-state index in [2.05, 4.69) is 51.7 Å². The number of carboxylic acid groups (broad SMARTS) is 1. The number of anilines is 1. The molecule has 0 spiro atoms. The highest BCUT2D eigenvalue weighted by molar-refractivity contribution is 7.80. The molecule has 6 heterocycles. The number of carboxylic acids is 1. The van der Waals surface area contributed by atoms with Crippen LogP contribution in [0.3, 0.4) is 0 Å². The van der Waals surface area contributed by atoms with Gasteiger partial charge in [-0.1, -0.05) is 34.8 Å². The highest BCUT2D eigenvalue weighted by atomic mass is 35.5. The van der Waals surface area contributed by atoms with Crippen LogP contribution in [0.5, 0.6) is 0 Å². The van der Waals surface area contributed by atoms with Crippen LogP contribution in [-0.4, -0.2) is 114 Å². The molecule has 0 atom stereocenters. The quantitative estimate of drug-likeness (QED) is 0.113. The van der Waals surface area contributed by atoms with Crippen molar-refractivity contribution < 1.29 is 14.7 Å². The Balaban J connectivity index is 0.000000145. The number of benzene rings is 3. The summed E-state index contributed by atoms with van der Waals surface area (Å²) in [6.07, 6.45) is 1.33. The summed E-state index contributed by atoms with van der Waals surface area (Å²) in [5.41, 5.74) is 9.78. The minimum Gasteiger partial charge on any atom is -0.481 e. The van der Waals surface area contributed by atoms with Crippen LogP contribution in [0.2, 0.25) is 15.1 Å². The van der Waals surface area contributed by atoms with Crippen molar-refractivity contribution >= 4 is 156 Å². The number of nitrogens with two attached hydrogens (primary N) is 1. The number of nitrogens with zero attached hydrogens (tertiary/aromatic N) is 5. The Kier molecular flexibility index (Phi) is 18.1. The van der Waals surface area contributed by atoms with Crippen LogP contribution < -0.4 is 10.6 Å². The van der Waals surface area contributed by atoms with Crippen LogP contribution in [0.1, 0.15) is 22.4 Å². The van der Waals surface area contributed by atoms with Crippen molar-refractivity contribution in [3.8, 4) is 0 Å². The molecule has 2 aliphatic heterocycles. The van der Waals surface area contributed by atoms with E-state index in [1.807, 2.05) is 58.1 Å². The number of hydrogen-bond donors (Lipinski definition) is 2. The SMILES string of the molecule is CN1CCN(C(N)=S)CC1.CN1CCN(c2nc(Cc3csc4ccc(Cl)cc34)cs2)CC1.O=C(CCl)Cc1csc2ccc(Cl)cc12.O=C(O)Cc1csc2ccc(Cl)cc12. The minimum absolute atomic E-state index is 0.0383. The zero-order chi connectivity index (χ0) is 44.3. The Morgan fingerprint density at radius 3 is 1.60 bits per heavy atom. The van der Waals surface area contributed by atoms with Gasteiger partial charge in [0, 0.05) is 99.7 Å². The maximum absolute atomic E-state index is 11.2. The van der Waals surface area contributed by atoms with Crippen LogP contribution in [-0.2, 0) is 28.9 Å². The Hall–Kier alpha value is -3.12. The molecule has 3 N–H and O–H groups in total. The number of aromatic nitrogens is 1. The summed E-state index contributed by atoms with van der Waals surface area (Å²) in [4.78, 5) is 35.8. The van der Waals surface area contributed by atoms with Crippen LogP contribution >= 0.6 is 104 Å². The normalized spacial score (nSPS) is 14.5. The third-order valence-electron chi connectivity index (χ3n) is 10.2. The highest BCUT2D eigenvalue weighted by Gasteiger charge is 2.18. The van der Waals surface area contributed by atoms with Gasteiger partial charge in [0.05, 0.1) is 18.0 Å². The summed E-state index contributed by atoms with van der Waals surface area (Å²) in [7, 11) is 4.29. The van der Waals surface area contributed by atoms with Crippen molar-refractivity contribution in [1.29, 1.82) is 0 Å². The van der Waals surface area contributed by atoms with Crippen molar-refractivity contribution in [2.24, 2.45) is 5.73 Å². The monoisotopic (exact) mass is 1010 g/mol. The first kappa shape index (κ1) is 48.3. The van der Waals surface area contributed by atoms with Gasteiger partial charge in [0.15, 0.2) is 16.0 Å². The van der Waals surface area contributed by atoms with Gasteiger partial charge in [0.2, 0.25) is 0 Å². The number of aliphatic carboxylic acids is 1. The standard InChI is InChI=1S/C17H18ClN3S2.C11H8Cl2OS.C10H7ClO2S.C6H13N3S/c1-20-4-6-21(7-5-20)17-19-14(11-23-17)8-12-10-22-16-3-2-13(18)9-15(12)16;12-5-9(14)3-7-6-15-11-2-1-8(13)4-10(7)11;11-7-1-2-9-8(4-7)6(5-14-9)3-10(12)13;1-8-2-4-9(5-3-8)6(7)10/h2-3,9-11H,4-8H2,1H3;1-2,4,6H,3,5H2;1-2,4-5H,3H2,(H,12,13);2-5H2,1H3,(H2,7,10). The summed E-state index contributed by atoms with van der Waals surface area (Å²) in [5.74, 6) is -0.709. The number of alkyl halides is 1. The lowest BCUT2D eigenvalue weighted by Gasteiger charge is -2.32. The number of carbonyl (C=O) groups excluding carboxylic acids is 1. The average Bonchev–Trinajstić information content (AvgIpc) is 4.06. The lowest BCUT2D eigenvalue weighted by atomic mass is 10.1. The van der Waals surface area contributed by atoms with E-state index in [0.29, 0.717) is 21.6 Å². The molecule has 0 saturated carbocycles. The van der Waals surface area contributed by atoms with Gasteiger partial charge in [-0.05, 0) is 130 Å². The fourth-order valence-corrected chi connectivity index (χ4v) is 11.2. The lowest BCUT2D eigenvalue weighted by molar-refractivity contribution is -0.136. The number of hydrogen-bond acceptors (Lipinski definition) is 11. The first-order valence-corrected chi connectivity index (χ1v) is 25.2. The number of halogens is 4. The predicted molar refractivity (Wildman–Crippen MR) is 272 cm³/mol. The molecule has 0 radical (unpaired) electrons. The van der Waals surface area contributed by atoms with Gasteiger partial charge >= 0.3 is 5.97 Å². The van der Waals surface area contributed by atoms with Crippen molar-refractivity contribution in [2.75, 3.05) is 77.2 Å². The van der Waals surface area contributed by atoms with Gasteiger partial charge in [-0.25, -0.2) is 4.98 Å². The third-order valence-corrected chi connectivity index (χ3v) is 15.5. The first-order valence-electron chi connectivity index (χ1n) is 19.6. The van der Waals surface area contributed by atoms with Crippen LogP contribution in [0.4, 0.5) is 5.13 Å². The Morgan fingerprint density at radius 1 is 0.677 bits per heavy atom. The summed E-state index contributed by atoms with van der Waals surface area (Å²) < 4.78 is 3.52. The maximum atomic E-state index is 11.2. The molecule has 3 aromatic carbocycles. The van der Waals surface area contributed by atoms with E-state index in [1.165, 1.54) is 15.6 Å². The average molecular weight is 1010 g/mol. The van der Waals surface area contributed by atoms with E-state index in [0.717, 1.165) is 106 Å².